The average molecular weight is 251 g/mol. The quantitative estimate of drug-likeness (QED) is 0.732. The molecule has 98 valence electrons. The summed E-state index contributed by atoms with van der Waals surface area (Å²) in [6.07, 6.45) is 0.317. The number of aliphatic carboxylic acids is 1. The molecule has 0 aliphatic heterocycles. The first kappa shape index (κ1) is 14.2. The minimum atomic E-state index is -0.991. The first-order valence-electron chi connectivity index (χ1n) is 5.65. The maximum atomic E-state index is 11.2. The van der Waals surface area contributed by atoms with Crippen molar-refractivity contribution in [2.24, 2.45) is 0 Å². The van der Waals surface area contributed by atoms with Crippen LogP contribution in [0.3, 0.4) is 0 Å². The molecule has 0 radical (unpaired) electrons. The van der Waals surface area contributed by atoms with E-state index in [0.717, 1.165) is 5.56 Å². The number of methoxy groups -OCH3 is 1. The van der Waals surface area contributed by atoms with Gasteiger partial charge in [0.2, 0.25) is 0 Å². The van der Waals surface area contributed by atoms with Gasteiger partial charge < -0.3 is 9.84 Å². The SMILES string of the molecule is COC(=O)[C@H](C)N[C@@H](Cc1ccccc1)C(=O)O. The number of carbonyl (C=O) groups is 2. The molecule has 0 aliphatic carbocycles. The lowest BCUT2D eigenvalue weighted by atomic mass is 10.1. The Kier molecular flexibility index (Phi) is 5.32. The third kappa shape index (κ3) is 4.18. The Bertz CT molecular complexity index is 405. The minimum absolute atomic E-state index is 0.317. The molecule has 0 heterocycles. The molecule has 5 heteroatoms. The second-order valence-electron chi connectivity index (χ2n) is 3.99. The van der Waals surface area contributed by atoms with Gasteiger partial charge in [-0.15, -0.1) is 0 Å². The third-order valence-electron chi connectivity index (χ3n) is 2.59. The van der Waals surface area contributed by atoms with Gasteiger partial charge in [0.1, 0.15) is 12.1 Å². The largest absolute Gasteiger partial charge is 0.480 e. The standard InChI is InChI=1S/C13H17NO4/c1-9(13(17)18-2)14-11(12(15)16)8-10-6-4-3-5-7-10/h3-7,9,11,14H,8H2,1-2H3,(H,15,16)/t9-,11-/m0/s1. The van der Waals surface area contributed by atoms with Gasteiger partial charge in [0.05, 0.1) is 7.11 Å². The molecular weight excluding hydrogens is 234 g/mol. The van der Waals surface area contributed by atoms with Crippen LogP contribution in [0, 0.1) is 0 Å². The summed E-state index contributed by atoms with van der Waals surface area (Å²) in [6.45, 7) is 1.58. The monoisotopic (exact) mass is 251 g/mol. The average Bonchev–Trinajstić information content (AvgIpc) is 2.37. The molecule has 0 amide bonds. The highest BCUT2D eigenvalue weighted by Crippen LogP contribution is 2.04. The first-order valence-corrected chi connectivity index (χ1v) is 5.65. The molecule has 0 spiro atoms. The highest BCUT2D eigenvalue weighted by Gasteiger charge is 2.23. The van der Waals surface area contributed by atoms with Crippen LogP contribution in [0.5, 0.6) is 0 Å². The van der Waals surface area contributed by atoms with Crippen molar-refractivity contribution in [3.63, 3.8) is 0 Å². The lowest BCUT2D eigenvalue weighted by Crippen LogP contribution is -2.47. The number of hydrogen-bond donors (Lipinski definition) is 2. The summed E-state index contributed by atoms with van der Waals surface area (Å²) < 4.78 is 4.55. The van der Waals surface area contributed by atoms with E-state index in [1.54, 1.807) is 6.92 Å². The van der Waals surface area contributed by atoms with Crippen molar-refractivity contribution in [1.29, 1.82) is 0 Å². The fourth-order valence-corrected chi connectivity index (χ4v) is 1.61. The van der Waals surface area contributed by atoms with Crippen molar-refractivity contribution in [1.82, 2.24) is 5.32 Å². The van der Waals surface area contributed by atoms with Crippen LogP contribution in [0.4, 0.5) is 0 Å². The molecule has 1 aromatic carbocycles. The number of esters is 1. The molecular formula is C13H17NO4. The Morgan fingerprint density at radius 3 is 2.44 bits per heavy atom. The van der Waals surface area contributed by atoms with Gasteiger partial charge in [0.15, 0.2) is 0 Å². The zero-order chi connectivity index (χ0) is 13.5. The van der Waals surface area contributed by atoms with E-state index in [9.17, 15) is 9.59 Å². The molecule has 2 atom stereocenters. The van der Waals surface area contributed by atoms with Crippen molar-refractivity contribution in [2.45, 2.75) is 25.4 Å². The number of carboxylic acids is 1. The molecule has 0 bridgehead atoms. The van der Waals surface area contributed by atoms with Gasteiger partial charge in [-0.1, -0.05) is 30.3 Å². The summed E-state index contributed by atoms with van der Waals surface area (Å²) in [4.78, 5) is 22.4. The number of benzene rings is 1. The van der Waals surface area contributed by atoms with E-state index in [1.807, 2.05) is 30.3 Å². The van der Waals surface area contributed by atoms with Gasteiger partial charge in [-0.2, -0.15) is 0 Å². The minimum Gasteiger partial charge on any atom is -0.480 e. The van der Waals surface area contributed by atoms with Crippen molar-refractivity contribution in [3.8, 4) is 0 Å². The van der Waals surface area contributed by atoms with Crippen molar-refractivity contribution >= 4 is 11.9 Å². The van der Waals surface area contributed by atoms with Crippen molar-refractivity contribution in [3.05, 3.63) is 35.9 Å². The number of rotatable bonds is 6. The second kappa shape index (κ2) is 6.76. The van der Waals surface area contributed by atoms with Gasteiger partial charge in [-0.05, 0) is 18.9 Å². The van der Waals surface area contributed by atoms with Crippen LogP contribution in [0.15, 0.2) is 30.3 Å². The van der Waals surface area contributed by atoms with E-state index in [-0.39, 0.29) is 0 Å². The predicted molar refractivity (Wildman–Crippen MR) is 66.2 cm³/mol. The van der Waals surface area contributed by atoms with E-state index in [2.05, 4.69) is 10.1 Å². The molecule has 1 rings (SSSR count). The zero-order valence-electron chi connectivity index (χ0n) is 10.4. The molecule has 18 heavy (non-hydrogen) atoms. The second-order valence-corrected chi connectivity index (χ2v) is 3.99. The highest BCUT2D eigenvalue weighted by atomic mass is 16.5. The molecule has 0 aliphatic rings. The van der Waals surface area contributed by atoms with Crippen LogP contribution in [-0.4, -0.2) is 36.2 Å². The van der Waals surface area contributed by atoms with Crippen LogP contribution >= 0.6 is 0 Å². The number of carboxylic acid groups (broad SMARTS) is 1. The lowest BCUT2D eigenvalue weighted by molar-refractivity contribution is -0.144. The summed E-state index contributed by atoms with van der Waals surface area (Å²) in [5.41, 5.74) is 0.898. The maximum Gasteiger partial charge on any atom is 0.322 e. The number of ether oxygens (including phenoxy) is 1. The molecule has 0 unspecified atom stereocenters. The molecule has 5 nitrogen and oxygen atoms in total. The van der Waals surface area contributed by atoms with Gasteiger partial charge in [-0.3, -0.25) is 14.9 Å². The molecule has 0 saturated carbocycles. The highest BCUT2D eigenvalue weighted by molar-refractivity contribution is 5.78. The van der Waals surface area contributed by atoms with E-state index < -0.39 is 24.0 Å². The van der Waals surface area contributed by atoms with E-state index in [1.165, 1.54) is 7.11 Å². The summed E-state index contributed by atoms with van der Waals surface area (Å²) in [5, 5.41) is 11.9. The van der Waals surface area contributed by atoms with E-state index in [0.29, 0.717) is 6.42 Å². The van der Waals surface area contributed by atoms with Crippen molar-refractivity contribution < 1.29 is 19.4 Å². The smallest absolute Gasteiger partial charge is 0.322 e. The van der Waals surface area contributed by atoms with Gasteiger partial charge in [0, 0.05) is 0 Å². The Hall–Kier alpha value is -1.88. The molecule has 1 aromatic rings. The van der Waals surface area contributed by atoms with Crippen molar-refractivity contribution in [2.75, 3.05) is 7.11 Å². The molecule has 0 saturated heterocycles. The maximum absolute atomic E-state index is 11.2. The topological polar surface area (TPSA) is 75.6 Å². The number of nitrogens with one attached hydrogen (secondary N) is 1. The van der Waals surface area contributed by atoms with E-state index in [4.69, 9.17) is 5.11 Å². The number of hydrogen-bond acceptors (Lipinski definition) is 4. The molecule has 0 aromatic heterocycles. The van der Waals surface area contributed by atoms with Crippen LogP contribution in [0.25, 0.3) is 0 Å². The lowest BCUT2D eigenvalue weighted by Gasteiger charge is -2.18. The summed E-state index contributed by atoms with van der Waals surface area (Å²) in [6, 6.07) is 7.78. The fourth-order valence-electron chi connectivity index (χ4n) is 1.61. The Labute approximate surface area is 106 Å². The Morgan fingerprint density at radius 2 is 1.94 bits per heavy atom. The summed E-state index contributed by atoms with van der Waals surface area (Å²) in [5.74, 6) is -1.47. The number of carbonyl (C=O) groups excluding carboxylic acids is 1. The molecule has 2 N–H and O–H groups in total. The van der Waals surface area contributed by atoms with Gasteiger partial charge in [0.25, 0.3) is 0 Å². The van der Waals surface area contributed by atoms with Crippen LogP contribution in [0.2, 0.25) is 0 Å². The normalized spacial score (nSPS) is 13.7. The predicted octanol–water partition coefficient (Wildman–Crippen LogP) is 0.833. The Balaban J connectivity index is 2.67. The van der Waals surface area contributed by atoms with Crippen LogP contribution in [0.1, 0.15) is 12.5 Å². The third-order valence-corrected chi connectivity index (χ3v) is 2.59. The zero-order valence-corrected chi connectivity index (χ0v) is 10.4. The van der Waals surface area contributed by atoms with Crippen LogP contribution in [-0.2, 0) is 20.7 Å². The first-order chi connectivity index (χ1) is 8.54. The van der Waals surface area contributed by atoms with Gasteiger partial charge >= 0.3 is 11.9 Å². The van der Waals surface area contributed by atoms with Gasteiger partial charge in [-0.25, -0.2) is 0 Å². The Morgan fingerprint density at radius 1 is 1.33 bits per heavy atom. The summed E-state index contributed by atoms with van der Waals surface area (Å²) >= 11 is 0. The molecule has 0 fully saturated rings. The fraction of sp³-hybridized carbons (Fsp3) is 0.385. The van der Waals surface area contributed by atoms with E-state index >= 15 is 0 Å². The van der Waals surface area contributed by atoms with Crippen LogP contribution < -0.4 is 5.32 Å². The summed E-state index contributed by atoms with van der Waals surface area (Å²) in [7, 11) is 1.27.